The SMILES string of the molecule is COCCN(CC(=O)O)C(=O)CCN1C(=O)COc2ccccc21. The highest BCUT2D eigenvalue weighted by Gasteiger charge is 2.26. The van der Waals surface area contributed by atoms with Crippen molar-refractivity contribution in [2.75, 3.05) is 44.9 Å². The highest BCUT2D eigenvalue weighted by molar-refractivity contribution is 5.98. The first kappa shape index (κ1) is 17.7. The summed E-state index contributed by atoms with van der Waals surface area (Å²) in [7, 11) is 1.48. The number of hydrogen-bond acceptors (Lipinski definition) is 5. The van der Waals surface area contributed by atoms with Gasteiger partial charge in [0.15, 0.2) is 6.61 Å². The van der Waals surface area contributed by atoms with E-state index in [1.165, 1.54) is 16.9 Å². The summed E-state index contributed by atoms with van der Waals surface area (Å²) in [4.78, 5) is 37.9. The quantitative estimate of drug-likeness (QED) is 0.736. The number of benzene rings is 1. The van der Waals surface area contributed by atoms with Crippen LogP contribution in [0, 0.1) is 0 Å². The number of anilines is 1. The number of para-hydroxylation sites is 2. The molecule has 0 spiro atoms. The van der Waals surface area contributed by atoms with E-state index < -0.39 is 12.5 Å². The minimum Gasteiger partial charge on any atom is -0.482 e. The van der Waals surface area contributed by atoms with Gasteiger partial charge >= 0.3 is 5.97 Å². The number of fused-ring (bicyclic) bond motifs is 1. The molecule has 0 aliphatic carbocycles. The number of aliphatic carboxylic acids is 1. The molecule has 130 valence electrons. The zero-order chi connectivity index (χ0) is 17.5. The van der Waals surface area contributed by atoms with Crippen molar-refractivity contribution in [2.45, 2.75) is 6.42 Å². The number of hydrogen-bond donors (Lipinski definition) is 1. The lowest BCUT2D eigenvalue weighted by Gasteiger charge is -2.30. The number of rotatable bonds is 8. The number of carbonyl (C=O) groups excluding carboxylic acids is 2. The molecule has 8 nitrogen and oxygen atoms in total. The summed E-state index contributed by atoms with van der Waals surface area (Å²) in [5.74, 6) is -1.08. The number of methoxy groups -OCH3 is 1. The maximum Gasteiger partial charge on any atom is 0.323 e. The Morgan fingerprint density at radius 3 is 2.83 bits per heavy atom. The number of carboxylic acid groups (broad SMARTS) is 1. The summed E-state index contributed by atoms with van der Waals surface area (Å²) in [5, 5.41) is 8.91. The Balaban J connectivity index is 2.01. The van der Waals surface area contributed by atoms with Gasteiger partial charge in [-0.15, -0.1) is 0 Å². The second-order valence-corrected chi connectivity index (χ2v) is 5.25. The van der Waals surface area contributed by atoms with Crippen LogP contribution in [0.4, 0.5) is 5.69 Å². The average molecular weight is 336 g/mol. The highest BCUT2D eigenvalue weighted by atomic mass is 16.5. The van der Waals surface area contributed by atoms with Gasteiger partial charge in [0, 0.05) is 26.6 Å². The lowest BCUT2D eigenvalue weighted by atomic mass is 10.2. The van der Waals surface area contributed by atoms with Gasteiger partial charge in [0.25, 0.3) is 5.91 Å². The molecular formula is C16H20N2O6. The van der Waals surface area contributed by atoms with Gasteiger partial charge in [-0.3, -0.25) is 14.4 Å². The summed E-state index contributed by atoms with van der Waals surface area (Å²) in [6, 6.07) is 7.09. The maximum absolute atomic E-state index is 12.3. The predicted octanol–water partition coefficient (Wildman–Crippen LogP) is 0.362. The van der Waals surface area contributed by atoms with Gasteiger partial charge in [0.05, 0.1) is 12.3 Å². The molecule has 1 N–H and O–H groups in total. The van der Waals surface area contributed by atoms with Crippen LogP contribution in [-0.4, -0.2) is 67.7 Å². The van der Waals surface area contributed by atoms with E-state index in [1.54, 1.807) is 24.3 Å². The first-order valence-corrected chi connectivity index (χ1v) is 7.53. The largest absolute Gasteiger partial charge is 0.482 e. The Morgan fingerprint density at radius 1 is 1.38 bits per heavy atom. The van der Waals surface area contributed by atoms with Crippen molar-refractivity contribution in [1.29, 1.82) is 0 Å². The van der Waals surface area contributed by atoms with E-state index in [4.69, 9.17) is 14.6 Å². The first-order valence-electron chi connectivity index (χ1n) is 7.53. The van der Waals surface area contributed by atoms with E-state index >= 15 is 0 Å². The Hall–Kier alpha value is -2.61. The van der Waals surface area contributed by atoms with Gasteiger partial charge in [0.1, 0.15) is 12.3 Å². The Labute approximate surface area is 139 Å². The maximum atomic E-state index is 12.3. The standard InChI is InChI=1S/C16H20N2O6/c1-23-9-8-17(10-16(21)22)14(19)6-7-18-12-4-2-3-5-13(12)24-11-15(18)20/h2-5H,6-11H2,1H3,(H,21,22). The van der Waals surface area contributed by atoms with E-state index in [9.17, 15) is 14.4 Å². The molecule has 0 unspecified atom stereocenters. The topological polar surface area (TPSA) is 96.4 Å². The highest BCUT2D eigenvalue weighted by Crippen LogP contribution is 2.31. The molecule has 0 fully saturated rings. The van der Waals surface area contributed by atoms with Crippen molar-refractivity contribution in [3.8, 4) is 5.75 Å². The minimum atomic E-state index is -1.09. The Kier molecular flexibility index (Phi) is 6.14. The fraction of sp³-hybridized carbons (Fsp3) is 0.438. The molecule has 0 saturated heterocycles. The van der Waals surface area contributed by atoms with Crippen molar-refractivity contribution < 1.29 is 29.0 Å². The van der Waals surface area contributed by atoms with Crippen LogP contribution >= 0.6 is 0 Å². The average Bonchev–Trinajstić information content (AvgIpc) is 2.57. The van der Waals surface area contributed by atoms with Gasteiger partial charge < -0.3 is 24.4 Å². The van der Waals surface area contributed by atoms with Crippen LogP contribution in [0.3, 0.4) is 0 Å². The van der Waals surface area contributed by atoms with Crippen molar-refractivity contribution in [3.05, 3.63) is 24.3 Å². The third-order valence-corrected chi connectivity index (χ3v) is 3.60. The summed E-state index contributed by atoms with van der Waals surface area (Å²) in [6.07, 6.45) is 0.0249. The molecule has 2 amide bonds. The van der Waals surface area contributed by atoms with Crippen LogP contribution in [0.15, 0.2) is 24.3 Å². The van der Waals surface area contributed by atoms with E-state index in [0.717, 1.165) is 0 Å². The summed E-state index contributed by atoms with van der Waals surface area (Å²) < 4.78 is 10.2. The molecule has 0 bridgehead atoms. The Morgan fingerprint density at radius 2 is 2.12 bits per heavy atom. The number of ether oxygens (including phenoxy) is 2. The molecule has 2 rings (SSSR count). The third-order valence-electron chi connectivity index (χ3n) is 3.60. The van der Waals surface area contributed by atoms with Gasteiger partial charge in [-0.25, -0.2) is 0 Å². The van der Waals surface area contributed by atoms with Crippen LogP contribution in [0.25, 0.3) is 0 Å². The molecule has 0 saturated carbocycles. The fourth-order valence-corrected chi connectivity index (χ4v) is 2.42. The molecule has 0 radical (unpaired) electrons. The zero-order valence-electron chi connectivity index (χ0n) is 13.4. The van der Waals surface area contributed by atoms with Gasteiger partial charge in [-0.05, 0) is 12.1 Å². The second-order valence-electron chi connectivity index (χ2n) is 5.25. The van der Waals surface area contributed by atoms with Crippen LogP contribution in [-0.2, 0) is 19.1 Å². The lowest BCUT2D eigenvalue weighted by Crippen LogP contribution is -2.43. The van der Waals surface area contributed by atoms with Crippen molar-refractivity contribution in [2.24, 2.45) is 0 Å². The number of amides is 2. The predicted molar refractivity (Wildman–Crippen MR) is 85.0 cm³/mol. The molecule has 1 aromatic carbocycles. The van der Waals surface area contributed by atoms with Crippen LogP contribution in [0.1, 0.15) is 6.42 Å². The normalized spacial score (nSPS) is 13.2. The molecule has 1 aliphatic heterocycles. The van der Waals surface area contributed by atoms with Crippen LogP contribution in [0.5, 0.6) is 5.75 Å². The summed E-state index contributed by atoms with van der Waals surface area (Å²) in [6.45, 7) is 0.137. The molecule has 1 aromatic rings. The van der Waals surface area contributed by atoms with E-state index in [2.05, 4.69) is 0 Å². The molecular weight excluding hydrogens is 316 g/mol. The molecule has 8 heteroatoms. The fourth-order valence-electron chi connectivity index (χ4n) is 2.42. The van der Waals surface area contributed by atoms with Crippen molar-refractivity contribution in [3.63, 3.8) is 0 Å². The molecule has 24 heavy (non-hydrogen) atoms. The van der Waals surface area contributed by atoms with Crippen LogP contribution < -0.4 is 9.64 Å². The van der Waals surface area contributed by atoms with Crippen molar-refractivity contribution >= 4 is 23.5 Å². The van der Waals surface area contributed by atoms with E-state index in [-0.39, 0.29) is 44.5 Å². The lowest BCUT2D eigenvalue weighted by molar-refractivity contribution is -0.144. The molecule has 1 heterocycles. The molecule has 0 atom stereocenters. The monoisotopic (exact) mass is 336 g/mol. The minimum absolute atomic E-state index is 0.0249. The second kappa shape index (κ2) is 8.30. The van der Waals surface area contributed by atoms with E-state index in [1.807, 2.05) is 0 Å². The van der Waals surface area contributed by atoms with Crippen molar-refractivity contribution in [1.82, 2.24) is 4.90 Å². The van der Waals surface area contributed by atoms with Gasteiger partial charge in [-0.2, -0.15) is 0 Å². The van der Waals surface area contributed by atoms with Gasteiger partial charge in [0.2, 0.25) is 5.91 Å². The number of carboxylic acids is 1. The smallest absolute Gasteiger partial charge is 0.323 e. The summed E-state index contributed by atoms with van der Waals surface area (Å²) in [5.41, 5.74) is 0.614. The summed E-state index contributed by atoms with van der Waals surface area (Å²) >= 11 is 0. The van der Waals surface area contributed by atoms with Crippen LogP contribution in [0.2, 0.25) is 0 Å². The van der Waals surface area contributed by atoms with Gasteiger partial charge in [-0.1, -0.05) is 12.1 Å². The van der Waals surface area contributed by atoms with E-state index in [0.29, 0.717) is 11.4 Å². The Bertz CT molecular complexity index is 618. The number of nitrogens with zero attached hydrogens (tertiary/aromatic N) is 2. The molecule has 1 aliphatic rings. The first-order chi connectivity index (χ1) is 11.5. The zero-order valence-corrected chi connectivity index (χ0v) is 13.4. The molecule has 0 aromatic heterocycles. The number of carbonyl (C=O) groups is 3. The third kappa shape index (κ3) is 4.45.